The van der Waals surface area contributed by atoms with Gasteiger partial charge >= 0.3 is 0 Å². The van der Waals surface area contributed by atoms with Gasteiger partial charge in [0.25, 0.3) is 6.71 Å². The molecule has 0 amide bonds. The summed E-state index contributed by atoms with van der Waals surface area (Å²) in [5.41, 5.74) is 32.1. The molecule has 13 aromatic carbocycles. The maximum absolute atomic E-state index is 11.0. The van der Waals surface area contributed by atoms with E-state index in [1.54, 1.807) is 0 Å². The summed E-state index contributed by atoms with van der Waals surface area (Å²) in [5, 5.41) is 4.99. The van der Waals surface area contributed by atoms with Crippen LogP contribution in [0.3, 0.4) is 0 Å². The molecule has 0 N–H and O–H groups in total. The highest BCUT2D eigenvalue weighted by atomic mass is 15.2. The van der Waals surface area contributed by atoms with E-state index in [9.17, 15) is 2.74 Å². The molecule has 4 heterocycles. The largest absolute Gasteiger partial charge is 0.310 e. The zero-order valence-corrected chi connectivity index (χ0v) is 72.6. The lowest BCUT2D eigenvalue weighted by Crippen LogP contribution is -2.61. The van der Waals surface area contributed by atoms with E-state index in [-0.39, 0.29) is 39.2 Å². The molecule has 15 aromatic rings. The summed E-state index contributed by atoms with van der Waals surface area (Å²) in [6, 6.07) is 103. The van der Waals surface area contributed by atoms with Gasteiger partial charge in [-0.25, -0.2) is 0 Å². The van der Waals surface area contributed by atoms with Crippen LogP contribution < -0.4 is 26.2 Å². The van der Waals surface area contributed by atoms with Gasteiger partial charge in [0.05, 0.1) is 33.4 Å². The van der Waals surface area contributed by atoms with Crippen molar-refractivity contribution < 1.29 is 2.74 Å². The molecule has 116 heavy (non-hydrogen) atoms. The Labute approximate surface area is 695 Å². The first-order valence-electron chi connectivity index (χ1n) is 43.4. The maximum Gasteiger partial charge on any atom is 0.252 e. The van der Waals surface area contributed by atoms with Crippen molar-refractivity contribution in [3.05, 3.63) is 306 Å². The predicted octanol–water partition coefficient (Wildman–Crippen LogP) is 29.2. The molecule has 0 atom stereocenters. The number of nitrogens with zero attached hydrogens (tertiary/aromatic N) is 4. The first kappa shape index (κ1) is 75.2. The standard InChI is InChI=1S/C111H117BN4/c1-105(2,3)66-71-42-50-94-88(54-71)89-55-72(67-106(4,5)6)43-51-95(89)113(94)82-46-48-92-98(64-82)115(103-84(76-34-26-22-27-35-76)60-80(110(16,17)18)61-85(103)77-36-28-23-29-37-77)100-58-75(70-109(13,14)15)59-101-102(100)112(92)93-49-47-83(114-96-52-44-73(68-107(7,8)9)56-90(96)91-57-74(45-53-97(91)114)69-108(10,11)12)65-99(93)116(101)104-86(78-38-30-24-31-39-78)62-81(111(19,20)21)63-87(104)79-40-32-25-33-41-79/h22-65H,66-70H2,1-21H3/i70D2. The van der Waals surface area contributed by atoms with E-state index >= 15 is 0 Å². The third-order valence-electron chi connectivity index (χ3n) is 23.5. The molecule has 0 saturated carbocycles. The average Bonchev–Trinajstić information content (AvgIpc) is 0.819. The summed E-state index contributed by atoms with van der Waals surface area (Å²) in [7, 11) is 0. The fourth-order valence-electron chi connectivity index (χ4n) is 18.9. The van der Waals surface area contributed by atoms with Crippen molar-refractivity contribution in [2.24, 2.45) is 27.1 Å². The fraction of sp³-hybridized carbons (Fsp3) is 0.297. The highest BCUT2D eigenvalue weighted by Crippen LogP contribution is 2.56. The van der Waals surface area contributed by atoms with Gasteiger partial charge in [0.2, 0.25) is 0 Å². The van der Waals surface area contributed by atoms with Gasteiger partial charge < -0.3 is 18.9 Å². The maximum atomic E-state index is 11.0. The van der Waals surface area contributed by atoms with Crippen molar-refractivity contribution in [2.45, 2.75) is 188 Å². The Kier molecular flexibility index (Phi) is 18.5. The summed E-state index contributed by atoms with van der Waals surface area (Å²) in [5.74, 6) is 0. The zero-order valence-electron chi connectivity index (χ0n) is 74.6. The number of hydrogen-bond acceptors (Lipinski definition) is 2. The van der Waals surface area contributed by atoms with E-state index in [2.05, 4.69) is 431 Å². The molecular weight excluding hydrogens is 1400 g/mol. The van der Waals surface area contributed by atoms with Crippen LogP contribution in [-0.2, 0) is 42.9 Å². The second-order valence-corrected chi connectivity index (χ2v) is 41.7. The van der Waals surface area contributed by atoms with E-state index in [1.165, 1.54) is 54.9 Å². The van der Waals surface area contributed by atoms with Crippen LogP contribution in [0.5, 0.6) is 0 Å². The van der Waals surface area contributed by atoms with Gasteiger partial charge in [0, 0.05) is 80.7 Å². The van der Waals surface area contributed by atoms with Crippen LogP contribution in [-0.4, -0.2) is 15.8 Å². The van der Waals surface area contributed by atoms with Gasteiger partial charge in [-0.2, -0.15) is 0 Å². The molecule has 4 nitrogen and oxygen atoms in total. The third kappa shape index (κ3) is 15.0. The van der Waals surface area contributed by atoms with Gasteiger partial charge in [-0.05, 0) is 257 Å². The SMILES string of the molecule is [2H]C([2H])(c1cc2c3c(c1)N(c1c(-c4ccccc4)cc(C(C)(C)C)cc1-c1ccccc1)c1cc(-n4c5ccc(CC(C)(C)C)cc5c5cc(CC(C)(C)C)ccc54)ccc1B3c1ccc(-n3c4ccc(CC(C)(C)C)cc4c4cc(CC(C)(C)C)ccc43)cc1N2c1c(-c2ccccc2)cc(C(C)(C)C)cc1-c1ccccc1)C(C)(C)C. The van der Waals surface area contributed by atoms with Gasteiger partial charge in [-0.3, -0.25) is 0 Å². The van der Waals surface area contributed by atoms with Gasteiger partial charge in [0.15, 0.2) is 0 Å². The summed E-state index contributed by atoms with van der Waals surface area (Å²) >= 11 is 0. The number of rotatable bonds is 13. The minimum atomic E-state index is -1.90. The molecule has 0 fully saturated rings. The summed E-state index contributed by atoms with van der Waals surface area (Å²) in [6.07, 6.45) is 1.89. The van der Waals surface area contributed by atoms with Gasteiger partial charge in [-0.15, -0.1) is 0 Å². The number of benzene rings is 13. The lowest BCUT2D eigenvalue weighted by molar-refractivity contribution is 0.411. The van der Waals surface area contributed by atoms with Gasteiger partial charge in [0.1, 0.15) is 0 Å². The Morgan fingerprint density at radius 2 is 0.543 bits per heavy atom. The number of anilines is 6. The van der Waals surface area contributed by atoms with Crippen molar-refractivity contribution in [3.8, 4) is 55.9 Å². The molecule has 0 radical (unpaired) electrons. The van der Waals surface area contributed by atoms with Crippen molar-refractivity contribution >= 4 is 101 Å². The molecular formula is C111H117BN4. The first-order chi connectivity index (χ1) is 55.6. The molecule has 5 heteroatoms. The van der Waals surface area contributed by atoms with Crippen molar-refractivity contribution in [3.63, 3.8) is 0 Å². The van der Waals surface area contributed by atoms with E-state index in [4.69, 9.17) is 0 Å². The van der Waals surface area contributed by atoms with E-state index in [1.807, 2.05) is 0 Å². The fourth-order valence-corrected chi connectivity index (χ4v) is 18.9. The van der Waals surface area contributed by atoms with Crippen LogP contribution in [0.15, 0.2) is 267 Å². The van der Waals surface area contributed by atoms with Crippen LogP contribution in [0.2, 0.25) is 0 Å². The molecule has 0 bridgehead atoms. The average molecular weight is 1520 g/mol. The van der Waals surface area contributed by atoms with Crippen molar-refractivity contribution in [1.29, 1.82) is 0 Å². The predicted molar refractivity (Wildman–Crippen MR) is 504 cm³/mol. The molecule has 2 aliphatic rings. The monoisotopic (exact) mass is 1520 g/mol. The molecule has 0 spiro atoms. The normalized spacial score (nSPS) is 13.9. The summed E-state index contributed by atoms with van der Waals surface area (Å²) in [6.45, 7) is 48.0. The second-order valence-electron chi connectivity index (χ2n) is 41.7. The van der Waals surface area contributed by atoms with E-state index < -0.39 is 11.8 Å². The number of aromatic nitrogens is 2. The van der Waals surface area contributed by atoms with Crippen LogP contribution in [0.25, 0.3) is 99.5 Å². The molecule has 17 rings (SSSR count). The zero-order chi connectivity index (χ0) is 83.5. The topological polar surface area (TPSA) is 16.3 Å². The van der Waals surface area contributed by atoms with Crippen LogP contribution in [0.1, 0.15) is 187 Å². The molecule has 2 aliphatic heterocycles. The summed E-state index contributed by atoms with van der Waals surface area (Å²) < 4.78 is 27.2. The van der Waals surface area contributed by atoms with Crippen LogP contribution in [0, 0.1) is 27.1 Å². The third-order valence-corrected chi connectivity index (χ3v) is 23.5. The van der Waals surface area contributed by atoms with Crippen molar-refractivity contribution in [2.75, 3.05) is 9.80 Å². The Bertz CT molecular complexity index is 5780. The molecule has 2 aromatic heterocycles. The Morgan fingerprint density at radius 3 is 0.793 bits per heavy atom. The number of fused-ring (bicyclic) bond motifs is 10. The quantitative estimate of drug-likeness (QED) is 0.107. The highest BCUT2D eigenvalue weighted by Gasteiger charge is 2.47. The second kappa shape index (κ2) is 28.5. The van der Waals surface area contributed by atoms with E-state index in [0.29, 0.717) is 5.56 Å². The van der Waals surface area contributed by atoms with E-state index in [0.717, 1.165) is 154 Å². The molecule has 0 aliphatic carbocycles. The Balaban J connectivity index is 1.07. The molecule has 0 saturated heterocycles. The minimum absolute atomic E-state index is 0.0788. The smallest absolute Gasteiger partial charge is 0.252 e. The van der Waals surface area contributed by atoms with Crippen LogP contribution in [0.4, 0.5) is 34.1 Å². The lowest BCUT2D eigenvalue weighted by Gasteiger charge is -2.46. The first-order valence-corrected chi connectivity index (χ1v) is 42.4. The highest BCUT2D eigenvalue weighted by molar-refractivity contribution is 7.00. The molecule has 0 unspecified atom stereocenters. The van der Waals surface area contributed by atoms with Gasteiger partial charge in [-0.1, -0.05) is 303 Å². The Hall–Kier alpha value is -10.9. The van der Waals surface area contributed by atoms with Crippen molar-refractivity contribution in [1.82, 2.24) is 9.13 Å². The minimum Gasteiger partial charge on any atom is -0.310 e. The van der Waals surface area contributed by atoms with Crippen LogP contribution >= 0.6 is 0 Å². The molecule has 584 valence electrons. The number of hydrogen-bond donors (Lipinski definition) is 0. The lowest BCUT2D eigenvalue weighted by atomic mass is 9.33. The summed E-state index contributed by atoms with van der Waals surface area (Å²) in [4.78, 5) is 5.25. The Morgan fingerprint density at radius 1 is 0.267 bits per heavy atom.